The topological polar surface area (TPSA) is 130 Å². The zero-order chi connectivity index (χ0) is 31.7. The Hall–Kier alpha value is -5.33. The molecule has 1 aliphatic heterocycles. The van der Waals surface area contributed by atoms with Crippen LogP contribution in [0.2, 0.25) is 0 Å². The number of nitrogens with zero attached hydrogens (tertiary/aromatic N) is 4. The number of hydrogen-bond acceptors (Lipinski definition) is 9. The first-order chi connectivity index (χ1) is 21.8. The van der Waals surface area contributed by atoms with Crippen LogP contribution in [0.15, 0.2) is 93.4 Å². The summed E-state index contributed by atoms with van der Waals surface area (Å²) in [5, 5.41) is 24.8. The summed E-state index contributed by atoms with van der Waals surface area (Å²) in [6.07, 6.45) is 6.97. The molecule has 1 aliphatic rings. The van der Waals surface area contributed by atoms with Gasteiger partial charge < -0.3 is 9.32 Å². The highest BCUT2D eigenvalue weighted by atomic mass is 17.1. The molecule has 0 saturated heterocycles. The van der Waals surface area contributed by atoms with Gasteiger partial charge in [0, 0.05) is 36.0 Å². The molecule has 5 aromatic rings. The Balaban J connectivity index is 1.50. The van der Waals surface area contributed by atoms with Crippen molar-refractivity contribution in [2.45, 2.75) is 20.1 Å². The molecular formula is C34H30N4O7. The van der Waals surface area contributed by atoms with Crippen LogP contribution >= 0.6 is 0 Å². The summed E-state index contributed by atoms with van der Waals surface area (Å²) >= 11 is 0. The lowest BCUT2D eigenvalue weighted by molar-refractivity contribution is -0.253. The van der Waals surface area contributed by atoms with Crippen LogP contribution in [0.3, 0.4) is 0 Å². The molecule has 228 valence electrons. The van der Waals surface area contributed by atoms with Gasteiger partial charge in [-0.05, 0) is 72.2 Å². The third kappa shape index (κ3) is 5.45. The average molecular weight is 607 g/mol. The van der Waals surface area contributed by atoms with Crippen molar-refractivity contribution in [3.8, 4) is 5.69 Å². The maximum absolute atomic E-state index is 14.1. The number of aromatic nitrogens is 1. The van der Waals surface area contributed by atoms with E-state index in [1.165, 1.54) is 9.58 Å². The zero-order valence-electron chi connectivity index (χ0n) is 24.8. The van der Waals surface area contributed by atoms with Gasteiger partial charge in [0.25, 0.3) is 11.5 Å². The number of furan rings is 1. The first kappa shape index (κ1) is 29.7. The van der Waals surface area contributed by atoms with Crippen LogP contribution in [0.4, 0.5) is 11.4 Å². The fourth-order valence-corrected chi connectivity index (χ4v) is 5.46. The molecule has 0 unspecified atom stereocenters. The minimum Gasteiger partial charge on any atom is -0.464 e. The minimum absolute atomic E-state index is 0.000483. The van der Waals surface area contributed by atoms with Gasteiger partial charge in [-0.25, -0.2) is 9.78 Å². The predicted octanol–water partition coefficient (Wildman–Crippen LogP) is 4.63. The minimum atomic E-state index is -0.386. The van der Waals surface area contributed by atoms with Gasteiger partial charge in [0.05, 0.1) is 23.2 Å². The molecular weight excluding hydrogens is 576 g/mol. The number of rotatable bonds is 9. The molecule has 0 spiro atoms. The van der Waals surface area contributed by atoms with Gasteiger partial charge in [-0.1, -0.05) is 36.4 Å². The average Bonchev–Trinajstić information content (AvgIpc) is 3.66. The van der Waals surface area contributed by atoms with Crippen molar-refractivity contribution in [2.24, 2.45) is 5.10 Å². The van der Waals surface area contributed by atoms with E-state index in [-0.39, 0.29) is 30.2 Å². The number of fused-ring (bicyclic) bond motifs is 2. The van der Waals surface area contributed by atoms with Crippen LogP contribution in [0.25, 0.3) is 28.8 Å². The van der Waals surface area contributed by atoms with E-state index in [2.05, 4.69) is 14.9 Å². The van der Waals surface area contributed by atoms with E-state index in [0.717, 1.165) is 22.2 Å². The van der Waals surface area contributed by atoms with E-state index in [4.69, 9.17) is 14.9 Å². The standard InChI is InChI=1S/C34H30N4O7/c1-21-27(6-4-5-24-11-16-29(36(2)3)28-17-18-43-31(24)28)33(39)37(25-12-7-22(8-13-25)19-44-41)32-30(21)34(40)38(35-32)26-14-9-23(10-15-26)20-45-42/h4-18,41-42H,19-20H2,1-3H3/b5-4+,27-6+. The van der Waals surface area contributed by atoms with Crippen LogP contribution in [0.5, 0.6) is 0 Å². The Bertz CT molecular complexity index is 2110. The van der Waals surface area contributed by atoms with Crippen molar-refractivity contribution in [1.82, 2.24) is 4.57 Å². The molecule has 0 radical (unpaired) electrons. The van der Waals surface area contributed by atoms with Gasteiger partial charge in [0.15, 0.2) is 5.49 Å². The summed E-state index contributed by atoms with van der Waals surface area (Å²) in [5.41, 5.74) is 5.59. The van der Waals surface area contributed by atoms with Gasteiger partial charge >= 0.3 is 0 Å². The van der Waals surface area contributed by atoms with Crippen molar-refractivity contribution in [1.29, 1.82) is 0 Å². The summed E-state index contributed by atoms with van der Waals surface area (Å²) in [5.74, 6) is -0.386. The molecule has 2 aromatic heterocycles. The largest absolute Gasteiger partial charge is 0.464 e. The Morgan fingerprint density at radius 1 is 0.889 bits per heavy atom. The maximum Gasteiger partial charge on any atom is 0.282 e. The van der Waals surface area contributed by atoms with E-state index >= 15 is 0 Å². The van der Waals surface area contributed by atoms with Crippen LogP contribution < -0.4 is 26.2 Å². The van der Waals surface area contributed by atoms with Gasteiger partial charge in [-0.2, -0.15) is 5.01 Å². The first-order valence-corrected chi connectivity index (χ1v) is 14.1. The van der Waals surface area contributed by atoms with Crippen molar-refractivity contribution in [2.75, 3.05) is 24.0 Å². The summed E-state index contributed by atoms with van der Waals surface area (Å²) in [7, 11) is 3.94. The van der Waals surface area contributed by atoms with E-state index < -0.39 is 0 Å². The molecule has 11 nitrogen and oxygen atoms in total. The Kier molecular flexibility index (Phi) is 8.16. The smallest absolute Gasteiger partial charge is 0.282 e. The summed E-state index contributed by atoms with van der Waals surface area (Å²) < 4.78 is 7.19. The number of pyridine rings is 1. The molecule has 0 fully saturated rings. The summed E-state index contributed by atoms with van der Waals surface area (Å²) in [6.45, 7) is 1.72. The molecule has 1 amide bonds. The number of hydrogen-bond donors (Lipinski definition) is 2. The Labute approximate surface area is 257 Å². The van der Waals surface area contributed by atoms with Crippen molar-refractivity contribution >= 4 is 40.4 Å². The number of anilines is 2. The molecule has 0 bridgehead atoms. The molecule has 0 saturated carbocycles. The number of amides is 1. The monoisotopic (exact) mass is 606 g/mol. The SMILES string of the molecule is Cc1c2c(n(-c3ccc(COO)cc3)c(=O)/c1=C/C=C/c1ccc(N(C)C)c3ccoc13)=NN(c1ccc(COO)cc1)C2=O. The zero-order valence-corrected chi connectivity index (χ0v) is 24.8. The van der Waals surface area contributed by atoms with Crippen LogP contribution in [-0.4, -0.2) is 35.1 Å². The fourth-order valence-electron chi connectivity index (χ4n) is 5.46. The van der Waals surface area contributed by atoms with Crippen LogP contribution in [0.1, 0.15) is 32.6 Å². The quantitative estimate of drug-likeness (QED) is 0.184. The first-order valence-electron chi connectivity index (χ1n) is 14.1. The van der Waals surface area contributed by atoms with Crippen molar-refractivity contribution in [3.63, 3.8) is 0 Å². The molecule has 0 atom stereocenters. The fraction of sp³-hybridized carbons (Fsp3) is 0.147. The molecule has 0 aliphatic carbocycles. The van der Waals surface area contributed by atoms with E-state index in [0.29, 0.717) is 38.8 Å². The highest BCUT2D eigenvalue weighted by Crippen LogP contribution is 2.30. The second-order valence-corrected chi connectivity index (χ2v) is 10.7. The van der Waals surface area contributed by atoms with E-state index in [1.54, 1.807) is 73.9 Å². The van der Waals surface area contributed by atoms with Gasteiger partial charge in [-0.15, -0.1) is 5.10 Å². The van der Waals surface area contributed by atoms with Gasteiger partial charge in [0.1, 0.15) is 18.8 Å². The van der Waals surface area contributed by atoms with E-state index in [9.17, 15) is 9.59 Å². The summed E-state index contributed by atoms with van der Waals surface area (Å²) in [4.78, 5) is 38.5. The second kappa shape index (κ2) is 12.3. The molecule has 45 heavy (non-hydrogen) atoms. The van der Waals surface area contributed by atoms with Crippen LogP contribution in [0, 0.1) is 6.92 Å². The lowest BCUT2D eigenvalue weighted by Crippen LogP contribution is -2.45. The molecule has 3 heterocycles. The highest BCUT2D eigenvalue weighted by molar-refractivity contribution is 6.08. The van der Waals surface area contributed by atoms with Gasteiger partial charge in [-0.3, -0.25) is 24.7 Å². The third-order valence-corrected chi connectivity index (χ3v) is 7.73. The lowest BCUT2D eigenvalue weighted by Gasteiger charge is -2.13. The molecule has 2 N–H and O–H groups in total. The number of carbonyl (C=O) groups is 1. The van der Waals surface area contributed by atoms with E-state index in [1.807, 2.05) is 43.3 Å². The second-order valence-electron chi connectivity index (χ2n) is 10.7. The molecule has 11 heteroatoms. The van der Waals surface area contributed by atoms with Crippen LogP contribution in [-0.2, 0) is 23.0 Å². The van der Waals surface area contributed by atoms with Gasteiger partial charge in [0.2, 0.25) is 0 Å². The number of benzene rings is 3. The molecule has 3 aromatic carbocycles. The summed E-state index contributed by atoms with van der Waals surface area (Å²) in [6, 6.07) is 19.5. The molecule has 6 rings (SSSR count). The number of carbonyl (C=O) groups excluding carboxylic acids is 1. The predicted molar refractivity (Wildman–Crippen MR) is 170 cm³/mol. The normalized spacial score (nSPS) is 13.2. The Morgan fingerprint density at radius 2 is 1.53 bits per heavy atom. The Morgan fingerprint density at radius 3 is 2.16 bits per heavy atom. The number of allylic oxidation sites excluding steroid dienone is 1. The van der Waals surface area contributed by atoms with Crippen molar-refractivity contribution in [3.05, 3.63) is 128 Å². The maximum atomic E-state index is 14.1. The highest BCUT2D eigenvalue weighted by Gasteiger charge is 2.31. The lowest BCUT2D eigenvalue weighted by atomic mass is 10.1. The van der Waals surface area contributed by atoms with Crippen molar-refractivity contribution < 1.29 is 29.5 Å². The third-order valence-electron chi connectivity index (χ3n) is 7.73.